The van der Waals surface area contributed by atoms with E-state index in [1.54, 1.807) is 0 Å². The summed E-state index contributed by atoms with van der Waals surface area (Å²) >= 11 is 0. The van der Waals surface area contributed by atoms with Gasteiger partial charge in [0.1, 0.15) is 0 Å². The van der Waals surface area contributed by atoms with Gasteiger partial charge in [-0.2, -0.15) is 0 Å². The molecule has 1 aliphatic rings. The maximum absolute atomic E-state index is 12.1. The minimum atomic E-state index is -0.120. The number of hydrogen-bond acceptors (Lipinski definition) is 3. The summed E-state index contributed by atoms with van der Waals surface area (Å²) in [5.41, 5.74) is 5.66. The third kappa shape index (κ3) is 4.25. The molecule has 0 aromatic heterocycles. The molecule has 1 amide bonds. The van der Waals surface area contributed by atoms with Crippen LogP contribution in [0.3, 0.4) is 0 Å². The smallest absolute Gasteiger partial charge is 0.237 e. The molecule has 0 radical (unpaired) electrons. The van der Waals surface area contributed by atoms with E-state index >= 15 is 0 Å². The third-order valence-corrected chi connectivity index (χ3v) is 4.20. The van der Waals surface area contributed by atoms with Gasteiger partial charge in [-0.3, -0.25) is 9.69 Å². The largest absolute Gasteiger partial charge is 0.350 e. The van der Waals surface area contributed by atoms with Crippen LogP contribution in [0.5, 0.6) is 0 Å². The molecule has 4 nitrogen and oxygen atoms in total. The molecule has 1 fully saturated rings. The minimum absolute atomic E-state index is 0.0763. The fraction of sp³-hybridized carbons (Fsp3) is 0.929. The lowest BCUT2D eigenvalue weighted by atomic mass is 9.80. The maximum atomic E-state index is 12.1. The van der Waals surface area contributed by atoms with E-state index in [0.29, 0.717) is 12.0 Å². The topological polar surface area (TPSA) is 58.4 Å². The van der Waals surface area contributed by atoms with Gasteiger partial charge in [0.15, 0.2) is 0 Å². The number of hydrogen-bond donors (Lipinski definition) is 2. The summed E-state index contributed by atoms with van der Waals surface area (Å²) < 4.78 is 0. The van der Waals surface area contributed by atoms with Crippen molar-refractivity contribution < 1.29 is 4.79 Å². The van der Waals surface area contributed by atoms with E-state index < -0.39 is 0 Å². The minimum Gasteiger partial charge on any atom is -0.350 e. The molecule has 0 saturated heterocycles. The number of likely N-dealkylation sites (N-methyl/N-ethyl adjacent to an activating group) is 1. The predicted octanol–water partition coefficient (Wildman–Crippen LogP) is 1.35. The van der Waals surface area contributed by atoms with E-state index in [-0.39, 0.29) is 17.5 Å². The Morgan fingerprint density at radius 1 is 1.50 bits per heavy atom. The lowest BCUT2D eigenvalue weighted by Crippen LogP contribution is -2.52. The number of nitrogens with zero attached hydrogens (tertiary/aromatic N) is 1. The van der Waals surface area contributed by atoms with Crippen molar-refractivity contribution in [2.24, 2.45) is 11.7 Å². The molecule has 0 bridgehead atoms. The second-order valence-corrected chi connectivity index (χ2v) is 6.44. The first-order chi connectivity index (χ1) is 8.25. The maximum Gasteiger partial charge on any atom is 0.237 e. The number of rotatable bonds is 6. The van der Waals surface area contributed by atoms with Crippen LogP contribution in [0.4, 0.5) is 0 Å². The van der Waals surface area contributed by atoms with Crippen LogP contribution >= 0.6 is 0 Å². The first kappa shape index (κ1) is 15.4. The molecule has 0 aromatic carbocycles. The van der Waals surface area contributed by atoms with E-state index in [4.69, 9.17) is 5.73 Å². The summed E-state index contributed by atoms with van der Waals surface area (Å²) in [5, 5.41) is 3.10. The van der Waals surface area contributed by atoms with E-state index in [0.717, 1.165) is 25.8 Å². The molecular formula is C14H29N3O. The summed E-state index contributed by atoms with van der Waals surface area (Å²) in [6.45, 7) is 9.14. The monoisotopic (exact) mass is 255 g/mol. The lowest BCUT2D eigenvalue weighted by molar-refractivity contribution is -0.127. The van der Waals surface area contributed by atoms with Crippen molar-refractivity contribution in [3.05, 3.63) is 0 Å². The van der Waals surface area contributed by atoms with Gasteiger partial charge < -0.3 is 11.1 Å². The summed E-state index contributed by atoms with van der Waals surface area (Å²) in [5.74, 6) is 0.785. The SMILES string of the molecule is CCC(C)(C)NC(=O)C(C)N(C)CC1CC(N)C1. The third-order valence-electron chi connectivity index (χ3n) is 4.20. The van der Waals surface area contributed by atoms with Crippen molar-refractivity contribution in [2.75, 3.05) is 13.6 Å². The van der Waals surface area contributed by atoms with Gasteiger partial charge in [-0.05, 0) is 53.0 Å². The van der Waals surface area contributed by atoms with Crippen molar-refractivity contribution in [3.8, 4) is 0 Å². The highest BCUT2D eigenvalue weighted by atomic mass is 16.2. The van der Waals surface area contributed by atoms with Crippen LogP contribution in [0.25, 0.3) is 0 Å². The van der Waals surface area contributed by atoms with Crippen LogP contribution in [0.15, 0.2) is 0 Å². The van der Waals surface area contributed by atoms with Crippen LogP contribution in [0.1, 0.15) is 47.0 Å². The van der Waals surface area contributed by atoms with Crippen molar-refractivity contribution in [3.63, 3.8) is 0 Å². The van der Waals surface area contributed by atoms with Crippen LogP contribution < -0.4 is 11.1 Å². The molecule has 0 heterocycles. The molecule has 3 N–H and O–H groups in total. The van der Waals surface area contributed by atoms with Crippen molar-refractivity contribution >= 4 is 5.91 Å². The molecular weight excluding hydrogens is 226 g/mol. The Labute approximate surface area is 111 Å². The second kappa shape index (κ2) is 6.02. The fourth-order valence-electron chi connectivity index (χ4n) is 2.23. The van der Waals surface area contributed by atoms with Crippen LogP contribution in [0, 0.1) is 5.92 Å². The summed E-state index contributed by atoms with van der Waals surface area (Å²) in [6, 6.07) is 0.305. The van der Waals surface area contributed by atoms with Gasteiger partial charge in [0.25, 0.3) is 0 Å². The van der Waals surface area contributed by atoms with E-state index in [1.807, 2.05) is 14.0 Å². The second-order valence-electron chi connectivity index (χ2n) is 6.44. The molecule has 4 heteroatoms. The Bertz CT molecular complexity index is 285. The van der Waals surface area contributed by atoms with Gasteiger partial charge in [0.05, 0.1) is 6.04 Å². The van der Waals surface area contributed by atoms with Gasteiger partial charge in [-0.1, -0.05) is 6.92 Å². The van der Waals surface area contributed by atoms with Crippen molar-refractivity contribution in [1.29, 1.82) is 0 Å². The van der Waals surface area contributed by atoms with Crippen molar-refractivity contribution in [2.45, 2.75) is 64.6 Å². The van der Waals surface area contributed by atoms with Gasteiger partial charge in [-0.15, -0.1) is 0 Å². The normalized spacial score (nSPS) is 25.7. The van der Waals surface area contributed by atoms with Crippen LogP contribution in [0.2, 0.25) is 0 Å². The molecule has 1 atom stereocenters. The molecule has 1 saturated carbocycles. The number of carbonyl (C=O) groups excluding carboxylic acids is 1. The lowest BCUT2D eigenvalue weighted by Gasteiger charge is -2.37. The molecule has 1 aliphatic carbocycles. The molecule has 0 aliphatic heterocycles. The van der Waals surface area contributed by atoms with Gasteiger partial charge in [0, 0.05) is 18.1 Å². The zero-order valence-corrected chi connectivity index (χ0v) is 12.5. The fourth-order valence-corrected chi connectivity index (χ4v) is 2.23. The number of nitrogens with one attached hydrogen (secondary N) is 1. The molecule has 0 spiro atoms. The first-order valence-corrected chi connectivity index (χ1v) is 7.03. The Morgan fingerprint density at radius 3 is 2.50 bits per heavy atom. The quantitative estimate of drug-likeness (QED) is 0.753. The Kier molecular flexibility index (Phi) is 5.17. The van der Waals surface area contributed by atoms with Gasteiger partial charge >= 0.3 is 0 Å². The highest BCUT2D eigenvalue weighted by Gasteiger charge is 2.30. The van der Waals surface area contributed by atoms with Crippen molar-refractivity contribution in [1.82, 2.24) is 10.2 Å². The Balaban J connectivity index is 2.38. The standard InChI is InChI=1S/C14H29N3O/c1-6-14(3,4)16-13(18)10(2)17(5)9-11-7-12(15)8-11/h10-12H,6-9,15H2,1-5H3,(H,16,18). The molecule has 1 rings (SSSR count). The highest BCUT2D eigenvalue weighted by molar-refractivity contribution is 5.81. The van der Waals surface area contributed by atoms with E-state index in [2.05, 4.69) is 31.0 Å². The number of nitrogens with two attached hydrogens (primary N) is 1. The highest BCUT2D eigenvalue weighted by Crippen LogP contribution is 2.26. The average molecular weight is 255 g/mol. The van der Waals surface area contributed by atoms with Gasteiger partial charge in [0.2, 0.25) is 5.91 Å². The molecule has 1 unspecified atom stereocenters. The molecule has 0 aromatic rings. The molecule has 18 heavy (non-hydrogen) atoms. The van der Waals surface area contributed by atoms with E-state index in [9.17, 15) is 4.79 Å². The van der Waals surface area contributed by atoms with Crippen LogP contribution in [-0.4, -0.2) is 42.0 Å². The Hall–Kier alpha value is -0.610. The van der Waals surface area contributed by atoms with Gasteiger partial charge in [-0.25, -0.2) is 0 Å². The summed E-state index contributed by atoms with van der Waals surface area (Å²) in [6.07, 6.45) is 3.13. The number of amides is 1. The zero-order chi connectivity index (χ0) is 13.9. The summed E-state index contributed by atoms with van der Waals surface area (Å²) in [4.78, 5) is 14.3. The predicted molar refractivity (Wildman–Crippen MR) is 75.3 cm³/mol. The number of carbonyl (C=O) groups is 1. The molecule has 106 valence electrons. The summed E-state index contributed by atoms with van der Waals surface area (Å²) in [7, 11) is 2.02. The zero-order valence-electron chi connectivity index (χ0n) is 12.5. The van der Waals surface area contributed by atoms with E-state index in [1.165, 1.54) is 0 Å². The first-order valence-electron chi connectivity index (χ1n) is 7.03. The van der Waals surface area contributed by atoms with Crippen LogP contribution in [-0.2, 0) is 4.79 Å². The average Bonchev–Trinajstić information content (AvgIpc) is 2.25. The Morgan fingerprint density at radius 2 is 2.06 bits per heavy atom.